The highest BCUT2D eigenvalue weighted by atomic mass is 16.3. The van der Waals surface area contributed by atoms with Crippen molar-refractivity contribution < 1.29 is 15.3 Å². The van der Waals surface area contributed by atoms with Crippen LogP contribution in [0.2, 0.25) is 0 Å². The van der Waals surface area contributed by atoms with Gasteiger partial charge in [-0.3, -0.25) is 0 Å². The maximum atomic E-state index is 10.6. The van der Waals surface area contributed by atoms with E-state index in [2.05, 4.69) is 38.1 Å². The molecule has 3 N–H and O–H groups in total. The third-order valence-electron chi connectivity index (χ3n) is 6.73. The first-order chi connectivity index (χ1) is 14.5. The van der Waals surface area contributed by atoms with Gasteiger partial charge in [-0.1, -0.05) is 80.3 Å². The minimum Gasteiger partial charge on any atom is -0.393 e. The fourth-order valence-corrected chi connectivity index (χ4v) is 5.04. The Bertz CT molecular complexity index is 770. The second-order valence-corrected chi connectivity index (χ2v) is 9.12. The van der Waals surface area contributed by atoms with Gasteiger partial charge in [-0.05, 0) is 55.2 Å². The van der Waals surface area contributed by atoms with Gasteiger partial charge in [0.05, 0.1) is 18.3 Å². The maximum Gasteiger partial charge on any atom is 0.0790 e. The number of unbranched alkanes of at least 4 members (excludes halogenated alkanes) is 2. The number of aryl methyl sites for hydroxylation is 2. The average Bonchev–Trinajstić information content (AvgIpc) is 3.01. The van der Waals surface area contributed by atoms with Crippen molar-refractivity contribution in [3.8, 4) is 0 Å². The fourth-order valence-electron chi connectivity index (χ4n) is 5.04. The lowest BCUT2D eigenvalue weighted by molar-refractivity contribution is 0.116. The number of hydrogen-bond acceptors (Lipinski definition) is 3. The van der Waals surface area contributed by atoms with Gasteiger partial charge in [0.2, 0.25) is 0 Å². The van der Waals surface area contributed by atoms with Crippen molar-refractivity contribution in [2.45, 2.75) is 89.4 Å². The normalized spacial score (nSPS) is 24.8. The summed E-state index contributed by atoms with van der Waals surface area (Å²) in [4.78, 5) is 0. The molecule has 0 amide bonds. The molecule has 3 rings (SSSR count). The lowest BCUT2D eigenvalue weighted by Crippen LogP contribution is -2.20. The first kappa shape index (κ1) is 23.0. The molecule has 0 radical (unpaired) electrons. The van der Waals surface area contributed by atoms with Gasteiger partial charge in [0.1, 0.15) is 0 Å². The van der Waals surface area contributed by atoms with Gasteiger partial charge in [0.15, 0.2) is 0 Å². The first-order valence-electron chi connectivity index (χ1n) is 11.7. The minimum atomic E-state index is -0.510. The van der Waals surface area contributed by atoms with E-state index in [1.807, 2.05) is 24.3 Å². The van der Waals surface area contributed by atoms with Crippen LogP contribution in [0.4, 0.5) is 0 Å². The first-order valence-corrected chi connectivity index (χ1v) is 11.7. The summed E-state index contributed by atoms with van der Waals surface area (Å²) >= 11 is 0. The standard InChI is InChI=1S/C27H38O3/c1-3-4-5-12-24(28)21-13-15-22(16-14-21)27-23(25(29)18-26(27)30)11-7-10-20-9-6-8-19(2)17-20/h6,8-9,13-17,23-30H,3-5,7,10-12,18H2,1-2H3/t23-,24?,25-,26+,27?/m0/s1. The molecule has 0 heterocycles. The molecule has 2 aromatic rings. The SMILES string of the molecule is CCCCCC(O)c1ccc(C2[C@H](O)C[C@H](O)[C@@H]2CCCc2cccc(C)c2)cc1. The van der Waals surface area contributed by atoms with Crippen molar-refractivity contribution in [3.05, 3.63) is 70.8 Å². The molecule has 30 heavy (non-hydrogen) atoms. The highest BCUT2D eigenvalue weighted by Crippen LogP contribution is 2.43. The summed E-state index contributed by atoms with van der Waals surface area (Å²) in [5, 5.41) is 31.6. The minimum absolute atomic E-state index is 0.0382. The van der Waals surface area contributed by atoms with Gasteiger partial charge in [-0.2, -0.15) is 0 Å². The second kappa shape index (κ2) is 11.1. The third kappa shape index (κ3) is 5.94. The Morgan fingerprint density at radius 2 is 1.73 bits per heavy atom. The van der Waals surface area contributed by atoms with E-state index in [-0.39, 0.29) is 11.8 Å². The molecule has 164 valence electrons. The van der Waals surface area contributed by atoms with E-state index in [4.69, 9.17) is 0 Å². The molecule has 1 saturated carbocycles. The lowest BCUT2D eigenvalue weighted by atomic mass is 9.83. The average molecular weight is 411 g/mol. The van der Waals surface area contributed by atoms with E-state index in [0.29, 0.717) is 6.42 Å². The van der Waals surface area contributed by atoms with Crippen LogP contribution in [-0.2, 0) is 6.42 Å². The molecule has 2 aromatic carbocycles. The van der Waals surface area contributed by atoms with Crippen molar-refractivity contribution in [2.75, 3.05) is 0 Å². The van der Waals surface area contributed by atoms with Gasteiger partial charge >= 0.3 is 0 Å². The summed E-state index contributed by atoms with van der Waals surface area (Å²) < 4.78 is 0. The third-order valence-corrected chi connectivity index (χ3v) is 6.73. The zero-order valence-electron chi connectivity index (χ0n) is 18.5. The van der Waals surface area contributed by atoms with Gasteiger partial charge in [-0.15, -0.1) is 0 Å². The predicted molar refractivity (Wildman–Crippen MR) is 123 cm³/mol. The van der Waals surface area contributed by atoms with Crippen molar-refractivity contribution in [3.63, 3.8) is 0 Å². The largest absolute Gasteiger partial charge is 0.393 e. The molecule has 1 aliphatic rings. The highest BCUT2D eigenvalue weighted by Gasteiger charge is 2.41. The highest BCUT2D eigenvalue weighted by molar-refractivity contribution is 5.29. The van der Waals surface area contributed by atoms with Crippen molar-refractivity contribution in [1.29, 1.82) is 0 Å². The van der Waals surface area contributed by atoms with E-state index in [0.717, 1.165) is 56.1 Å². The Morgan fingerprint density at radius 1 is 0.967 bits per heavy atom. The summed E-state index contributed by atoms with van der Waals surface area (Å²) in [5.41, 5.74) is 4.63. The van der Waals surface area contributed by atoms with Crippen molar-refractivity contribution >= 4 is 0 Å². The molecular weight excluding hydrogens is 372 g/mol. The van der Waals surface area contributed by atoms with Crippen LogP contribution in [0.1, 0.15) is 86.1 Å². The van der Waals surface area contributed by atoms with Crippen LogP contribution in [-0.4, -0.2) is 27.5 Å². The van der Waals surface area contributed by atoms with Crippen LogP contribution in [0.5, 0.6) is 0 Å². The van der Waals surface area contributed by atoms with Crippen LogP contribution < -0.4 is 0 Å². The number of aliphatic hydroxyl groups is 3. The number of aliphatic hydroxyl groups excluding tert-OH is 3. The van der Waals surface area contributed by atoms with E-state index in [1.54, 1.807) is 0 Å². The number of hydrogen-bond donors (Lipinski definition) is 3. The molecule has 2 unspecified atom stereocenters. The number of benzene rings is 2. The zero-order chi connectivity index (χ0) is 21.5. The predicted octanol–water partition coefficient (Wildman–Crippen LogP) is 5.46. The molecule has 0 saturated heterocycles. The van der Waals surface area contributed by atoms with E-state index in [9.17, 15) is 15.3 Å². The Morgan fingerprint density at radius 3 is 2.43 bits per heavy atom. The van der Waals surface area contributed by atoms with Crippen LogP contribution >= 0.6 is 0 Å². The molecule has 1 aliphatic carbocycles. The van der Waals surface area contributed by atoms with Crippen molar-refractivity contribution in [2.24, 2.45) is 5.92 Å². The molecule has 0 aliphatic heterocycles. The quantitative estimate of drug-likeness (QED) is 0.456. The second-order valence-electron chi connectivity index (χ2n) is 9.12. The Hall–Kier alpha value is -1.68. The molecule has 1 fully saturated rings. The smallest absolute Gasteiger partial charge is 0.0790 e. The molecule has 3 nitrogen and oxygen atoms in total. The monoisotopic (exact) mass is 410 g/mol. The summed E-state index contributed by atoms with van der Waals surface area (Å²) in [5.74, 6) is 0.0360. The summed E-state index contributed by atoms with van der Waals surface area (Å²) in [6.07, 6.45) is 6.08. The lowest BCUT2D eigenvalue weighted by Gasteiger charge is -2.24. The van der Waals surface area contributed by atoms with Crippen LogP contribution in [0.25, 0.3) is 0 Å². The van der Waals surface area contributed by atoms with Crippen LogP contribution in [0, 0.1) is 12.8 Å². The Labute approximate surface area is 181 Å². The Kier molecular flexibility index (Phi) is 8.50. The van der Waals surface area contributed by atoms with Crippen LogP contribution in [0.3, 0.4) is 0 Å². The zero-order valence-corrected chi connectivity index (χ0v) is 18.5. The van der Waals surface area contributed by atoms with E-state index >= 15 is 0 Å². The number of rotatable bonds is 10. The topological polar surface area (TPSA) is 60.7 Å². The summed E-state index contributed by atoms with van der Waals surface area (Å²) in [6, 6.07) is 16.7. The van der Waals surface area contributed by atoms with Gasteiger partial charge in [-0.25, -0.2) is 0 Å². The van der Waals surface area contributed by atoms with Crippen molar-refractivity contribution in [1.82, 2.24) is 0 Å². The molecule has 0 bridgehead atoms. The molecule has 0 aromatic heterocycles. The van der Waals surface area contributed by atoms with E-state index < -0.39 is 18.3 Å². The van der Waals surface area contributed by atoms with Gasteiger partial charge in [0.25, 0.3) is 0 Å². The molecular formula is C27H38O3. The molecule has 5 atom stereocenters. The fraction of sp³-hybridized carbons (Fsp3) is 0.556. The van der Waals surface area contributed by atoms with Crippen LogP contribution in [0.15, 0.2) is 48.5 Å². The Balaban J connectivity index is 1.62. The summed E-state index contributed by atoms with van der Waals surface area (Å²) in [6.45, 7) is 4.28. The summed E-state index contributed by atoms with van der Waals surface area (Å²) in [7, 11) is 0. The van der Waals surface area contributed by atoms with Gasteiger partial charge in [0, 0.05) is 12.3 Å². The molecule has 0 spiro atoms. The molecule has 3 heteroatoms. The maximum absolute atomic E-state index is 10.6. The van der Waals surface area contributed by atoms with E-state index in [1.165, 1.54) is 11.1 Å². The van der Waals surface area contributed by atoms with Gasteiger partial charge < -0.3 is 15.3 Å².